The monoisotopic (exact) mass is 341 g/mol. The van der Waals surface area contributed by atoms with Crippen LogP contribution in [0.15, 0.2) is 72.8 Å². The molecule has 3 aromatic rings. The Balaban J connectivity index is 1.78. The van der Waals surface area contributed by atoms with Gasteiger partial charge < -0.3 is 10.1 Å². The van der Waals surface area contributed by atoms with Crippen LogP contribution in [0.5, 0.6) is 5.75 Å². The molecule has 126 valence electrons. The lowest BCUT2D eigenvalue weighted by Gasteiger charge is -2.10. The van der Waals surface area contributed by atoms with Crippen LogP contribution in [0.1, 0.15) is 5.56 Å². The summed E-state index contributed by atoms with van der Waals surface area (Å²) in [6.45, 7) is 0. The van der Waals surface area contributed by atoms with E-state index < -0.39 is 6.36 Å². The number of halogens is 3. The van der Waals surface area contributed by atoms with E-state index in [1.807, 2.05) is 48.5 Å². The summed E-state index contributed by atoms with van der Waals surface area (Å²) in [5.74, 6) is -0.237. The quantitative estimate of drug-likeness (QED) is 0.587. The molecular formula is C20H14F3NO. The molecule has 5 heteroatoms. The minimum Gasteiger partial charge on any atom is -0.406 e. The predicted octanol–water partition coefficient (Wildman–Crippen LogP) is 5.92. The molecule has 0 saturated carbocycles. The Bertz CT molecular complexity index is 851. The van der Waals surface area contributed by atoms with Crippen molar-refractivity contribution in [1.82, 2.24) is 0 Å². The van der Waals surface area contributed by atoms with E-state index in [-0.39, 0.29) is 5.75 Å². The maximum Gasteiger partial charge on any atom is 0.573 e. The zero-order valence-corrected chi connectivity index (χ0v) is 13.0. The molecule has 1 N–H and O–H groups in total. The van der Waals surface area contributed by atoms with E-state index in [0.29, 0.717) is 0 Å². The van der Waals surface area contributed by atoms with Crippen molar-refractivity contribution in [3.63, 3.8) is 0 Å². The molecule has 0 aliphatic rings. The topological polar surface area (TPSA) is 33.1 Å². The summed E-state index contributed by atoms with van der Waals surface area (Å²) in [5.41, 5.74) is 4.60. The van der Waals surface area contributed by atoms with Crippen LogP contribution in [-0.4, -0.2) is 12.6 Å². The van der Waals surface area contributed by atoms with E-state index in [1.165, 1.54) is 18.3 Å². The minimum absolute atomic E-state index is 0.237. The predicted molar refractivity (Wildman–Crippen MR) is 91.9 cm³/mol. The first-order chi connectivity index (χ1) is 11.9. The van der Waals surface area contributed by atoms with E-state index in [1.54, 1.807) is 12.1 Å². The molecular weight excluding hydrogens is 327 g/mol. The van der Waals surface area contributed by atoms with Crippen LogP contribution >= 0.6 is 0 Å². The molecule has 2 nitrogen and oxygen atoms in total. The van der Waals surface area contributed by atoms with Crippen LogP contribution in [-0.2, 0) is 0 Å². The Labute approximate surface area is 143 Å². The Morgan fingerprint density at radius 2 is 1.00 bits per heavy atom. The minimum atomic E-state index is -4.68. The van der Waals surface area contributed by atoms with Gasteiger partial charge in [-0.1, -0.05) is 60.7 Å². The maximum atomic E-state index is 12.2. The summed E-state index contributed by atoms with van der Waals surface area (Å²) < 4.78 is 40.4. The molecule has 0 bridgehead atoms. The van der Waals surface area contributed by atoms with Gasteiger partial charge in [-0.3, -0.25) is 0 Å². The van der Waals surface area contributed by atoms with Crippen LogP contribution < -0.4 is 4.74 Å². The van der Waals surface area contributed by atoms with Gasteiger partial charge in [0.25, 0.3) is 0 Å². The molecule has 0 aliphatic heterocycles. The summed E-state index contributed by atoms with van der Waals surface area (Å²) in [4.78, 5) is 0. The fraction of sp³-hybridized carbons (Fsp3) is 0.0500. The first-order valence-electron chi connectivity index (χ1n) is 7.52. The second kappa shape index (κ2) is 6.81. The van der Waals surface area contributed by atoms with Gasteiger partial charge in [0, 0.05) is 6.21 Å². The molecule has 0 spiro atoms. The highest BCUT2D eigenvalue weighted by Crippen LogP contribution is 2.28. The van der Waals surface area contributed by atoms with Crippen molar-refractivity contribution in [3.8, 4) is 28.0 Å². The largest absolute Gasteiger partial charge is 0.573 e. The Kier molecular flexibility index (Phi) is 4.57. The molecule has 0 fully saturated rings. The van der Waals surface area contributed by atoms with Gasteiger partial charge in [-0.15, -0.1) is 13.2 Å². The van der Waals surface area contributed by atoms with Gasteiger partial charge in [0.05, 0.1) is 0 Å². The molecule has 0 saturated heterocycles. The van der Waals surface area contributed by atoms with Crippen molar-refractivity contribution in [2.24, 2.45) is 0 Å². The van der Waals surface area contributed by atoms with Gasteiger partial charge in [-0.05, 0) is 39.9 Å². The highest BCUT2D eigenvalue weighted by Gasteiger charge is 2.30. The van der Waals surface area contributed by atoms with Gasteiger partial charge >= 0.3 is 6.36 Å². The molecule has 25 heavy (non-hydrogen) atoms. The van der Waals surface area contributed by atoms with Crippen molar-refractivity contribution in [2.75, 3.05) is 0 Å². The number of hydrogen-bond acceptors (Lipinski definition) is 2. The highest BCUT2D eigenvalue weighted by molar-refractivity contribution is 5.79. The summed E-state index contributed by atoms with van der Waals surface area (Å²) in [6, 6.07) is 21.1. The lowest BCUT2D eigenvalue weighted by Crippen LogP contribution is -2.16. The molecule has 0 amide bonds. The SMILES string of the molecule is N=Cc1ccc(-c2ccc(-c3ccc(OC(F)(F)F)cc3)cc2)cc1. The summed E-state index contributed by atoms with van der Waals surface area (Å²) >= 11 is 0. The molecule has 0 heterocycles. The van der Waals surface area contributed by atoms with Crippen molar-refractivity contribution >= 4 is 6.21 Å². The first kappa shape index (κ1) is 16.8. The van der Waals surface area contributed by atoms with Gasteiger partial charge in [-0.2, -0.15) is 0 Å². The normalized spacial score (nSPS) is 11.2. The highest BCUT2D eigenvalue weighted by atomic mass is 19.4. The zero-order chi connectivity index (χ0) is 17.9. The number of rotatable bonds is 4. The molecule has 0 unspecified atom stereocenters. The molecule has 3 rings (SSSR count). The second-order valence-electron chi connectivity index (χ2n) is 5.42. The molecule has 0 radical (unpaired) electrons. The Morgan fingerprint density at radius 3 is 1.36 bits per heavy atom. The van der Waals surface area contributed by atoms with E-state index >= 15 is 0 Å². The lowest BCUT2D eigenvalue weighted by atomic mass is 10.00. The van der Waals surface area contributed by atoms with Crippen molar-refractivity contribution in [2.45, 2.75) is 6.36 Å². The number of ether oxygens (including phenoxy) is 1. The van der Waals surface area contributed by atoms with E-state index in [2.05, 4.69) is 4.74 Å². The van der Waals surface area contributed by atoms with E-state index in [4.69, 9.17) is 5.41 Å². The summed E-state index contributed by atoms with van der Waals surface area (Å²) in [5, 5.41) is 7.21. The Morgan fingerprint density at radius 1 is 0.640 bits per heavy atom. The Hall–Kier alpha value is -3.08. The standard InChI is InChI=1S/C20H14F3NO/c21-20(22,23)25-19-11-9-18(10-12-19)17-7-5-16(6-8-17)15-3-1-14(13-24)2-4-15/h1-13,24H. The van der Waals surface area contributed by atoms with Crippen LogP contribution in [0.4, 0.5) is 13.2 Å². The maximum absolute atomic E-state index is 12.2. The van der Waals surface area contributed by atoms with Crippen LogP contribution in [0.3, 0.4) is 0 Å². The van der Waals surface area contributed by atoms with Crippen molar-refractivity contribution in [3.05, 3.63) is 78.4 Å². The third-order valence-electron chi connectivity index (χ3n) is 3.72. The van der Waals surface area contributed by atoms with Crippen molar-refractivity contribution in [1.29, 1.82) is 5.41 Å². The fourth-order valence-electron chi connectivity index (χ4n) is 2.48. The van der Waals surface area contributed by atoms with E-state index in [0.717, 1.165) is 27.8 Å². The number of alkyl halides is 3. The average molecular weight is 341 g/mol. The summed E-state index contributed by atoms with van der Waals surface area (Å²) in [7, 11) is 0. The van der Waals surface area contributed by atoms with Crippen molar-refractivity contribution < 1.29 is 17.9 Å². The second-order valence-corrected chi connectivity index (χ2v) is 5.42. The first-order valence-corrected chi connectivity index (χ1v) is 7.52. The third kappa shape index (κ3) is 4.26. The zero-order valence-electron chi connectivity index (χ0n) is 13.0. The smallest absolute Gasteiger partial charge is 0.406 e. The number of benzene rings is 3. The molecule has 0 atom stereocenters. The number of nitrogens with one attached hydrogen (secondary N) is 1. The fourth-order valence-corrected chi connectivity index (χ4v) is 2.48. The molecule has 0 aliphatic carbocycles. The average Bonchev–Trinajstić information content (AvgIpc) is 2.61. The molecule has 3 aromatic carbocycles. The van der Waals surface area contributed by atoms with Crippen LogP contribution in [0, 0.1) is 5.41 Å². The van der Waals surface area contributed by atoms with E-state index in [9.17, 15) is 13.2 Å². The number of hydrogen-bond donors (Lipinski definition) is 1. The van der Waals surface area contributed by atoms with Gasteiger partial charge in [-0.25, -0.2) is 0 Å². The van der Waals surface area contributed by atoms with Crippen LogP contribution in [0.25, 0.3) is 22.3 Å². The third-order valence-corrected chi connectivity index (χ3v) is 3.72. The van der Waals surface area contributed by atoms with Gasteiger partial charge in [0.1, 0.15) is 5.75 Å². The summed E-state index contributed by atoms with van der Waals surface area (Å²) in [6.07, 6.45) is -3.39. The van der Waals surface area contributed by atoms with Crippen LogP contribution in [0.2, 0.25) is 0 Å². The molecule has 0 aromatic heterocycles. The van der Waals surface area contributed by atoms with Gasteiger partial charge in [0.15, 0.2) is 0 Å². The van der Waals surface area contributed by atoms with Gasteiger partial charge in [0.2, 0.25) is 0 Å². The lowest BCUT2D eigenvalue weighted by molar-refractivity contribution is -0.274.